The lowest BCUT2D eigenvalue weighted by Crippen LogP contribution is -2.03. The number of nitrogens with zero attached hydrogens (tertiary/aromatic N) is 4. The van der Waals surface area contributed by atoms with Crippen molar-refractivity contribution >= 4 is 82.7 Å². The van der Waals surface area contributed by atoms with Gasteiger partial charge in [0, 0.05) is 54.6 Å². The number of furan rings is 2. The molecule has 0 radical (unpaired) electrons. The number of fused-ring (bicyclic) bond motifs is 14. The van der Waals surface area contributed by atoms with Crippen LogP contribution in [0.25, 0.3) is 105 Å². The molecule has 12 rings (SSSR count). The van der Waals surface area contributed by atoms with E-state index in [0.29, 0.717) is 11.1 Å². The van der Waals surface area contributed by atoms with Gasteiger partial charge in [-0.1, -0.05) is 72.8 Å². The second kappa shape index (κ2) is 11.4. The van der Waals surface area contributed by atoms with E-state index in [1.165, 1.54) is 10.9 Å². The monoisotopic (exact) mass is 716 g/mol. The molecule has 4 aromatic heterocycles. The van der Waals surface area contributed by atoms with Gasteiger partial charge in [0.2, 0.25) is 0 Å². The highest BCUT2D eigenvalue weighted by Crippen LogP contribution is 2.45. The first-order valence-electron chi connectivity index (χ1n) is 18.8. The molecular weight excluding hydrogens is 689 g/mol. The van der Waals surface area contributed by atoms with Gasteiger partial charge in [0.1, 0.15) is 28.4 Å². The number of nitriles is 2. The Labute approximate surface area is 319 Å². The third-order valence-electron chi connectivity index (χ3n) is 11.6. The van der Waals surface area contributed by atoms with E-state index in [1.54, 1.807) is 0 Å². The Bertz CT molecular complexity index is 3630. The summed E-state index contributed by atoms with van der Waals surface area (Å²) >= 11 is 0. The first-order valence-corrected chi connectivity index (χ1v) is 18.8. The Balaban J connectivity index is 1.16. The van der Waals surface area contributed by atoms with Crippen LogP contribution in [0.15, 0.2) is 148 Å². The summed E-state index contributed by atoms with van der Waals surface area (Å²) in [6.07, 6.45) is 6.30. The molecule has 1 aliphatic rings. The van der Waals surface area contributed by atoms with Crippen molar-refractivity contribution in [2.24, 2.45) is 0 Å². The Hall–Kier alpha value is -7.80. The number of benzene rings is 7. The summed E-state index contributed by atoms with van der Waals surface area (Å²) in [6, 6.07) is 50.0. The molecule has 0 bridgehead atoms. The molecule has 0 aliphatic heterocycles. The van der Waals surface area contributed by atoms with Gasteiger partial charge in [-0.15, -0.1) is 0 Å². The summed E-state index contributed by atoms with van der Waals surface area (Å²) in [6.45, 7) is 0. The lowest BCUT2D eigenvalue weighted by molar-refractivity contribution is 0.669. The quantitative estimate of drug-likeness (QED) is 0.182. The predicted octanol–water partition coefficient (Wildman–Crippen LogP) is 12.9. The Morgan fingerprint density at radius 1 is 0.536 bits per heavy atom. The van der Waals surface area contributed by atoms with Crippen molar-refractivity contribution in [3.05, 3.63) is 162 Å². The predicted molar refractivity (Wildman–Crippen MR) is 224 cm³/mol. The van der Waals surface area contributed by atoms with Gasteiger partial charge in [0.15, 0.2) is 0 Å². The molecule has 0 saturated carbocycles. The summed E-state index contributed by atoms with van der Waals surface area (Å²) in [5.74, 6) is 0. The molecule has 0 unspecified atom stereocenters. The first-order chi connectivity index (χ1) is 27.7. The van der Waals surface area contributed by atoms with E-state index in [9.17, 15) is 10.5 Å². The highest BCUT2D eigenvalue weighted by atomic mass is 16.3. The first kappa shape index (κ1) is 30.6. The molecule has 6 heteroatoms. The number of hydrogen-bond donors (Lipinski definition) is 0. The van der Waals surface area contributed by atoms with Crippen LogP contribution >= 0.6 is 0 Å². The molecule has 6 nitrogen and oxygen atoms in total. The molecule has 56 heavy (non-hydrogen) atoms. The smallest absolute Gasteiger partial charge is 0.136 e. The number of rotatable bonds is 3. The summed E-state index contributed by atoms with van der Waals surface area (Å²) < 4.78 is 17.2. The normalized spacial score (nSPS) is 12.8. The molecule has 0 fully saturated rings. The SMILES string of the molecule is N#Cc1cc(-c2cccc(C#N)c2-n2c3ccccc3c3c4c(ccc32)oc2ccccc24)cc(-n2c3c(c4c5c(ccc42)oc2ccccc25)CCC=C3)c1. The van der Waals surface area contributed by atoms with Crippen molar-refractivity contribution in [3.63, 3.8) is 0 Å². The van der Waals surface area contributed by atoms with Gasteiger partial charge < -0.3 is 18.0 Å². The van der Waals surface area contributed by atoms with Crippen molar-refractivity contribution in [1.82, 2.24) is 9.13 Å². The van der Waals surface area contributed by atoms with E-state index in [-0.39, 0.29) is 0 Å². The third-order valence-corrected chi connectivity index (χ3v) is 11.6. The standard InChI is InChI=1S/C50H28N4O2/c51-27-29-24-31(26-32(25-29)53-38-16-5-1-11-34(38)46-40(53)20-22-44-48(46)36-13-3-7-18-42(36)55-44)33-15-9-10-30(28-52)50(33)54-39-17-6-2-12-35(39)47-41(54)21-23-45-49(47)37-14-4-8-19-43(37)56-45/h2-10,12-26H,1,11H2. The highest BCUT2D eigenvalue weighted by molar-refractivity contribution is 6.27. The van der Waals surface area contributed by atoms with Gasteiger partial charge in [0.25, 0.3) is 0 Å². The second-order valence-corrected chi connectivity index (χ2v) is 14.5. The molecule has 0 atom stereocenters. The van der Waals surface area contributed by atoms with Crippen LogP contribution in [-0.4, -0.2) is 9.13 Å². The van der Waals surface area contributed by atoms with Crippen molar-refractivity contribution < 1.29 is 8.83 Å². The van der Waals surface area contributed by atoms with Gasteiger partial charge in [-0.05, 0) is 96.8 Å². The fourth-order valence-corrected chi connectivity index (χ4v) is 9.40. The van der Waals surface area contributed by atoms with Crippen LogP contribution in [0.3, 0.4) is 0 Å². The molecule has 4 heterocycles. The summed E-state index contributed by atoms with van der Waals surface area (Å²) in [7, 11) is 0. The maximum Gasteiger partial charge on any atom is 0.136 e. The maximum atomic E-state index is 10.8. The van der Waals surface area contributed by atoms with E-state index in [2.05, 4.69) is 100 Å². The fraction of sp³-hybridized carbons (Fsp3) is 0.0400. The van der Waals surface area contributed by atoms with Crippen molar-refractivity contribution in [3.8, 4) is 34.6 Å². The van der Waals surface area contributed by atoms with Crippen LogP contribution in [0.5, 0.6) is 0 Å². The lowest BCUT2D eigenvalue weighted by Gasteiger charge is -2.18. The minimum absolute atomic E-state index is 0.532. The van der Waals surface area contributed by atoms with Crippen LogP contribution in [-0.2, 0) is 6.42 Å². The Morgan fingerprint density at radius 3 is 1.95 bits per heavy atom. The van der Waals surface area contributed by atoms with Crippen LogP contribution in [0.4, 0.5) is 0 Å². The fourth-order valence-electron chi connectivity index (χ4n) is 9.40. The number of allylic oxidation sites excluding steroid dienone is 1. The number of hydrogen-bond acceptors (Lipinski definition) is 4. The molecular formula is C50H28N4O2. The van der Waals surface area contributed by atoms with E-state index in [1.807, 2.05) is 66.7 Å². The van der Waals surface area contributed by atoms with Crippen LogP contribution in [0.2, 0.25) is 0 Å². The minimum Gasteiger partial charge on any atom is -0.456 e. The summed E-state index contributed by atoms with van der Waals surface area (Å²) in [5.41, 5.74) is 13.2. The van der Waals surface area contributed by atoms with Crippen LogP contribution < -0.4 is 0 Å². The van der Waals surface area contributed by atoms with Crippen LogP contribution in [0.1, 0.15) is 28.8 Å². The highest BCUT2D eigenvalue weighted by Gasteiger charge is 2.25. The van der Waals surface area contributed by atoms with Gasteiger partial charge in [0.05, 0.1) is 39.4 Å². The van der Waals surface area contributed by atoms with E-state index < -0.39 is 0 Å². The van der Waals surface area contributed by atoms with Gasteiger partial charge in [-0.2, -0.15) is 10.5 Å². The zero-order valence-corrected chi connectivity index (χ0v) is 29.9. The van der Waals surface area contributed by atoms with Gasteiger partial charge >= 0.3 is 0 Å². The lowest BCUT2D eigenvalue weighted by atomic mass is 9.97. The number of para-hydroxylation sites is 4. The molecule has 260 valence electrons. The van der Waals surface area contributed by atoms with Gasteiger partial charge in [-0.3, -0.25) is 0 Å². The molecule has 0 amide bonds. The Morgan fingerprint density at radius 2 is 1.21 bits per heavy atom. The number of aryl methyl sites for hydroxylation is 1. The van der Waals surface area contributed by atoms with Crippen molar-refractivity contribution in [1.29, 1.82) is 10.5 Å². The van der Waals surface area contributed by atoms with Gasteiger partial charge in [-0.25, -0.2) is 0 Å². The zero-order chi connectivity index (χ0) is 37.1. The molecule has 0 saturated heterocycles. The van der Waals surface area contributed by atoms with Crippen LogP contribution in [0, 0.1) is 22.7 Å². The largest absolute Gasteiger partial charge is 0.456 e. The average molecular weight is 717 g/mol. The van der Waals surface area contributed by atoms with E-state index >= 15 is 0 Å². The molecule has 7 aromatic carbocycles. The molecule has 0 N–H and O–H groups in total. The van der Waals surface area contributed by atoms with E-state index in [0.717, 1.165) is 112 Å². The second-order valence-electron chi connectivity index (χ2n) is 14.5. The number of aromatic nitrogens is 2. The summed E-state index contributed by atoms with van der Waals surface area (Å²) in [4.78, 5) is 0. The maximum absolute atomic E-state index is 10.8. The minimum atomic E-state index is 0.532. The van der Waals surface area contributed by atoms with Crippen molar-refractivity contribution in [2.75, 3.05) is 0 Å². The topological polar surface area (TPSA) is 83.7 Å². The average Bonchev–Trinajstić information content (AvgIpc) is 4.00. The summed E-state index contributed by atoms with van der Waals surface area (Å²) in [5, 5.41) is 29.0. The molecule has 0 spiro atoms. The van der Waals surface area contributed by atoms with Crippen molar-refractivity contribution in [2.45, 2.75) is 12.8 Å². The zero-order valence-electron chi connectivity index (χ0n) is 29.9. The third kappa shape index (κ3) is 4.07. The van der Waals surface area contributed by atoms with E-state index in [4.69, 9.17) is 8.83 Å². The molecule has 11 aromatic rings. The Kier molecular flexibility index (Phi) is 6.21. The molecule has 1 aliphatic carbocycles.